The number of ketones is 1. The molecule has 0 bridgehead atoms. The topological polar surface area (TPSA) is 69.1 Å². The normalized spacial score (nSPS) is 11.8. The van der Waals surface area contributed by atoms with Gasteiger partial charge in [0, 0.05) is 6.42 Å². The molecule has 0 rings (SSSR count). The second-order valence-corrected chi connectivity index (χ2v) is 8.27. The van der Waals surface area contributed by atoms with Gasteiger partial charge in [-0.3, -0.25) is 4.79 Å². The number of carbonyl (C=O) groups excluding carboxylic acids is 1. The molecule has 3 heteroatoms. The van der Waals surface area contributed by atoms with Crippen LogP contribution in [0.15, 0.2) is 0 Å². The van der Waals surface area contributed by atoms with Crippen molar-refractivity contribution in [1.82, 2.24) is 0 Å². The number of unbranched alkanes of at least 4 members (excludes halogenated alkanes) is 15. The van der Waals surface area contributed by atoms with Crippen molar-refractivity contribution < 1.29 is 4.79 Å². The monoisotopic (exact) mass is 368 g/mol. The fourth-order valence-electron chi connectivity index (χ4n) is 3.50. The molecule has 0 aromatic heterocycles. The zero-order valence-corrected chi connectivity index (χ0v) is 18.0. The van der Waals surface area contributed by atoms with Gasteiger partial charge in [-0.1, -0.05) is 117 Å². The zero-order valence-electron chi connectivity index (χ0n) is 18.0. The van der Waals surface area contributed by atoms with Crippen molar-refractivity contribution in [3.05, 3.63) is 0 Å². The molecule has 0 unspecified atom stereocenters. The third-order valence-corrected chi connectivity index (χ3v) is 5.47. The minimum Gasteiger partial charge on any atom is -0.307 e. The van der Waals surface area contributed by atoms with Gasteiger partial charge in [-0.2, -0.15) is 0 Å². The summed E-state index contributed by atoms with van der Waals surface area (Å²) in [5.74, 6) is 0.0423. The van der Waals surface area contributed by atoms with Crippen LogP contribution in [0.5, 0.6) is 0 Å². The summed E-state index contributed by atoms with van der Waals surface area (Å²) >= 11 is 0. The number of rotatable bonds is 20. The molecule has 0 fully saturated rings. The van der Waals surface area contributed by atoms with Gasteiger partial charge in [-0.25, -0.2) is 0 Å². The van der Waals surface area contributed by atoms with Gasteiger partial charge in [0.15, 0.2) is 5.78 Å². The highest BCUT2D eigenvalue weighted by atomic mass is 16.1. The average Bonchev–Trinajstić information content (AvgIpc) is 2.63. The van der Waals surface area contributed by atoms with Gasteiger partial charge in [0.25, 0.3) is 0 Å². The Bertz CT molecular complexity index is 315. The first-order valence-electron chi connectivity index (χ1n) is 11.7. The van der Waals surface area contributed by atoms with E-state index in [2.05, 4.69) is 13.8 Å². The van der Waals surface area contributed by atoms with Gasteiger partial charge in [-0.15, -0.1) is 0 Å². The van der Waals surface area contributed by atoms with E-state index < -0.39 is 5.66 Å². The molecule has 0 aliphatic rings. The van der Waals surface area contributed by atoms with E-state index in [4.69, 9.17) is 11.5 Å². The lowest BCUT2D eigenvalue weighted by Crippen LogP contribution is -2.56. The summed E-state index contributed by atoms with van der Waals surface area (Å²) in [5.41, 5.74) is 10.8. The van der Waals surface area contributed by atoms with Crippen molar-refractivity contribution in [2.45, 2.75) is 142 Å². The first-order chi connectivity index (χ1) is 12.5. The quantitative estimate of drug-likeness (QED) is 0.187. The number of carbonyl (C=O) groups is 1. The number of Topliss-reactive ketones (excluding diaryl/α,β-unsaturated/α-hetero) is 1. The van der Waals surface area contributed by atoms with Gasteiger partial charge in [-0.05, 0) is 12.8 Å². The zero-order chi connectivity index (χ0) is 19.5. The number of nitrogens with two attached hydrogens (primary N) is 2. The predicted octanol–water partition coefficient (Wildman–Crippen LogP) is 6.62. The van der Waals surface area contributed by atoms with Gasteiger partial charge in [0.05, 0.1) is 0 Å². The molecule has 0 spiro atoms. The molecule has 0 amide bonds. The molecule has 0 aliphatic heterocycles. The van der Waals surface area contributed by atoms with Gasteiger partial charge in [0.2, 0.25) is 0 Å². The molecule has 0 aromatic carbocycles. The second kappa shape index (κ2) is 18.0. The highest BCUT2D eigenvalue weighted by molar-refractivity contribution is 5.87. The molecule has 4 N–H and O–H groups in total. The van der Waals surface area contributed by atoms with Gasteiger partial charge in [0.1, 0.15) is 5.66 Å². The Labute approximate surface area is 164 Å². The maximum Gasteiger partial charge on any atom is 0.166 e. The van der Waals surface area contributed by atoms with E-state index >= 15 is 0 Å². The first-order valence-corrected chi connectivity index (χ1v) is 11.7. The standard InChI is InChI=1S/C23H48N2O/c1-3-5-7-8-9-10-11-12-13-14-15-16-17-18-19-20-22(26)23(24,25)21-6-4-2/h3-21,24-25H2,1-2H3. The predicted molar refractivity (Wildman–Crippen MR) is 115 cm³/mol. The highest BCUT2D eigenvalue weighted by Crippen LogP contribution is 2.15. The largest absolute Gasteiger partial charge is 0.307 e. The van der Waals surface area contributed by atoms with Crippen molar-refractivity contribution in [2.24, 2.45) is 11.5 Å². The van der Waals surface area contributed by atoms with E-state index in [1.54, 1.807) is 0 Å². The van der Waals surface area contributed by atoms with Crippen LogP contribution in [0.4, 0.5) is 0 Å². The van der Waals surface area contributed by atoms with Crippen molar-refractivity contribution in [1.29, 1.82) is 0 Å². The van der Waals surface area contributed by atoms with Gasteiger partial charge < -0.3 is 11.5 Å². The summed E-state index contributed by atoms with van der Waals surface area (Å²) in [6, 6.07) is 0. The average molecular weight is 369 g/mol. The maximum absolute atomic E-state index is 12.1. The van der Waals surface area contributed by atoms with E-state index in [-0.39, 0.29) is 5.78 Å². The summed E-state index contributed by atoms with van der Waals surface area (Å²) < 4.78 is 0. The Morgan fingerprint density at radius 3 is 1.31 bits per heavy atom. The molecule has 0 saturated carbocycles. The smallest absolute Gasteiger partial charge is 0.166 e. The lowest BCUT2D eigenvalue weighted by atomic mass is 9.95. The minimum atomic E-state index is -1.09. The third-order valence-electron chi connectivity index (χ3n) is 5.47. The Hall–Kier alpha value is -0.410. The van der Waals surface area contributed by atoms with Crippen LogP contribution in [-0.4, -0.2) is 11.4 Å². The van der Waals surface area contributed by atoms with Crippen LogP contribution in [0.2, 0.25) is 0 Å². The molecule has 0 aromatic rings. The van der Waals surface area contributed by atoms with Crippen LogP contribution >= 0.6 is 0 Å². The molecule has 156 valence electrons. The molecule has 3 nitrogen and oxygen atoms in total. The van der Waals surface area contributed by atoms with Crippen LogP contribution in [0.25, 0.3) is 0 Å². The first kappa shape index (κ1) is 25.6. The third kappa shape index (κ3) is 15.8. The fraction of sp³-hybridized carbons (Fsp3) is 0.957. The molecular weight excluding hydrogens is 320 g/mol. The number of hydrogen-bond donors (Lipinski definition) is 2. The van der Waals surface area contributed by atoms with Gasteiger partial charge >= 0.3 is 0 Å². The van der Waals surface area contributed by atoms with Crippen LogP contribution in [0.3, 0.4) is 0 Å². The van der Waals surface area contributed by atoms with Crippen molar-refractivity contribution in [2.75, 3.05) is 0 Å². The van der Waals surface area contributed by atoms with Crippen LogP contribution < -0.4 is 11.5 Å². The van der Waals surface area contributed by atoms with E-state index in [0.717, 1.165) is 25.7 Å². The summed E-state index contributed by atoms with van der Waals surface area (Å²) in [4.78, 5) is 12.1. The molecule has 0 saturated heterocycles. The molecule has 26 heavy (non-hydrogen) atoms. The van der Waals surface area contributed by atoms with Crippen LogP contribution in [0, 0.1) is 0 Å². The van der Waals surface area contributed by atoms with E-state index in [1.165, 1.54) is 83.5 Å². The van der Waals surface area contributed by atoms with Crippen molar-refractivity contribution in [3.63, 3.8) is 0 Å². The Balaban J connectivity index is 3.30. The maximum atomic E-state index is 12.1. The van der Waals surface area contributed by atoms with E-state index in [1.807, 2.05) is 0 Å². The summed E-state index contributed by atoms with van der Waals surface area (Å²) in [5, 5.41) is 0. The van der Waals surface area contributed by atoms with Crippen LogP contribution in [0.1, 0.15) is 136 Å². The minimum absolute atomic E-state index is 0.0423. The van der Waals surface area contributed by atoms with Crippen LogP contribution in [-0.2, 0) is 4.79 Å². The second-order valence-electron chi connectivity index (χ2n) is 8.27. The molecule has 0 heterocycles. The summed E-state index contributed by atoms with van der Waals surface area (Å²) in [6.45, 7) is 4.37. The molecular formula is C23H48N2O. The number of hydrogen-bond acceptors (Lipinski definition) is 3. The molecule has 0 radical (unpaired) electrons. The van der Waals surface area contributed by atoms with E-state index in [0.29, 0.717) is 12.8 Å². The summed E-state index contributed by atoms with van der Waals surface area (Å²) in [7, 11) is 0. The summed E-state index contributed by atoms with van der Waals surface area (Å²) in [6.07, 6.45) is 23.2. The van der Waals surface area contributed by atoms with Crippen molar-refractivity contribution in [3.8, 4) is 0 Å². The highest BCUT2D eigenvalue weighted by Gasteiger charge is 2.26. The van der Waals surface area contributed by atoms with Crippen molar-refractivity contribution >= 4 is 5.78 Å². The lowest BCUT2D eigenvalue weighted by molar-refractivity contribution is -0.124. The SMILES string of the molecule is CCCCCCCCCCCCCCCCCC(=O)C(N)(N)CCCC. The Kier molecular flexibility index (Phi) is 17.7. The Morgan fingerprint density at radius 2 is 0.923 bits per heavy atom. The molecule has 0 aliphatic carbocycles. The fourth-order valence-corrected chi connectivity index (χ4v) is 3.50. The molecule has 0 atom stereocenters. The Morgan fingerprint density at radius 1 is 0.577 bits per heavy atom. The van der Waals surface area contributed by atoms with E-state index in [9.17, 15) is 4.79 Å². The lowest BCUT2D eigenvalue weighted by Gasteiger charge is -2.22.